The molecule has 0 nitrogen and oxygen atoms in total. The van der Waals surface area contributed by atoms with Gasteiger partial charge in [0.1, 0.15) is 0 Å². The van der Waals surface area contributed by atoms with E-state index in [2.05, 4.69) is 29.5 Å². The van der Waals surface area contributed by atoms with E-state index in [1.165, 1.54) is 22.4 Å². The number of thioether (sulfide) groups is 1. The Bertz CT molecular complexity index is 27.3. The summed E-state index contributed by atoms with van der Waals surface area (Å²) in [4.78, 5) is 0. The predicted molar refractivity (Wildman–Crippen MR) is 46.5 cm³/mol. The maximum atomic E-state index is 2.41. The van der Waals surface area contributed by atoms with Gasteiger partial charge in [-0.1, -0.05) is 29.5 Å². The van der Waals surface area contributed by atoms with Gasteiger partial charge in [-0.2, -0.15) is 11.8 Å². The van der Waals surface area contributed by atoms with E-state index in [0.717, 1.165) is 0 Å². The van der Waals surface area contributed by atoms with E-state index >= 15 is 0 Å². The zero-order chi connectivity index (χ0) is 5.54. The molecule has 7 heavy (non-hydrogen) atoms. The van der Waals surface area contributed by atoms with Gasteiger partial charge in [0.2, 0.25) is 0 Å². The Hall–Kier alpha value is 1.08. The van der Waals surface area contributed by atoms with Gasteiger partial charge in [0.15, 0.2) is 0 Å². The second-order valence-electron chi connectivity index (χ2n) is 1.24. The van der Waals surface area contributed by atoms with Crippen molar-refractivity contribution in [2.45, 2.75) is 13.3 Å². The van der Waals surface area contributed by atoms with Crippen LogP contribution in [0.1, 0.15) is 13.3 Å². The molecule has 0 unspecified atom stereocenters. The monoisotopic (exact) mass is 230 g/mol. The third-order valence-electron chi connectivity index (χ3n) is 0.626. The van der Waals surface area contributed by atoms with E-state index in [4.69, 9.17) is 0 Å². The number of hydrogen-bond donors (Lipinski definition) is 0. The lowest BCUT2D eigenvalue weighted by Gasteiger charge is -1.90. The zero-order valence-electron chi connectivity index (χ0n) is 4.61. The lowest BCUT2D eigenvalue weighted by Crippen LogP contribution is -1.78. The Morgan fingerprint density at radius 3 is 2.71 bits per heavy atom. The van der Waals surface area contributed by atoms with Gasteiger partial charge in [-0.25, -0.2) is 0 Å². The first kappa shape index (κ1) is 8.08. The van der Waals surface area contributed by atoms with Crippen molar-refractivity contribution in [3.05, 3.63) is 0 Å². The smallest absolute Gasteiger partial charge is 0.000312 e. The summed E-state index contributed by atoms with van der Waals surface area (Å²) in [7, 11) is 0. The van der Waals surface area contributed by atoms with Gasteiger partial charge in [-0.15, -0.1) is 0 Å². The van der Waals surface area contributed by atoms with Gasteiger partial charge in [-0.05, 0) is 17.9 Å². The van der Waals surface area contributed by atoms with Crippen LogP contribution in [0.2, 0.25) is 0 Å². The van der Waals surface area contributed by atoms with Gasteiger partial charge in [0, 0.05) is 4.43 Å². The Kier molecular flexibility index (Phi) is 8.17. The molecule has 0 atom stereocenters. The third-order valence-corrected chi connectivity index (χ3v) is 2.37. The molecule has 0 radical (unpaired) electrons. The molecule has 0 N–H and O–H groups in total. The lowest BCUT2D eigenvalue weighted by molar-refractivity contribution is 1.15. The maximum Gasteiger partial charge on any atom is 0.000312 e. The van der Waals surface area contributed by atoms with Crippen LogP contribution < -0.4 is 0 Å². The third kappa shape index (κ3) is 7.08. The average Bonchev–Trinajstić information content (AvgIpc) is 1.69. The van der Waals surface area contributed by atoms with Crippen LogP contribution in [0.5, 0.6) is 0 Å². The number of hydrogen-bond acceptors (Lipinski definition) is 1. The molecule has 0 heterocycles. The van der Waals surface area contributed by atoms with E-state index in [-0.39, 0.29) is 0 Å². The molecule has 0 aromatic heterocycles. The largest absolute Gasteiger partial charge is 0.162 e. The molecule has 0 saturated heterocycles. The van der Waals surface area contributed by atoms with E-state index < -0.39 is 0 Å². The highest BCUT2D eigenvalue weighted by atomic mass is 127. The van der Waals surface area contributed by atoms with Gasteiger partial charge in [0.05, 0.1) is 0 Å². The first-order chi connectivity index (χ1) is 3.41. The normalized spacial score (nSPS) is 9.43. The van der Waals surface area contributed by atoms with Crippen LogP contribution in [0.25, 0.3) is 0 Å². The van der Waals surface area contributed by atoms with E-state index in [1.807, 2.05) is 11.8 Å². The summed E-state index contributed by atoms with van der Waals surface area (Å²) in [6.45, 7) is 2.21. The average molecular weight is 230 g/mol. The van der Waals surface area contributed by atoms with Crippen LogP contribution in [0.15, 0.2) is 0 Å². The van der Waals surface area contributed by atoms with Crippen molar-refractivity contribution in [1.82, 2.24) is 0 Å². The Balaban J connectivity index is 2.45. The summed E-state index contributed by atoms with van der Waals surface area (Å²) >= 11 is 4.44. The molecule has 0 amide bonds. The second kappa shape index (κ2) is 7.08. The van der Waals surface area contributed by atoms with Crippen molar-refractivity contribution in [2.75, 3.05) is 15.9 Å². The SMILES string of the molecule is CCSCCCI. The second-order valence-corrected chi connectivity index (χ2v) is 3.71. The molecule has 0 aliphatic carbocycles. The molecule has 0 aliphatic heterocycles. The van der Waals surface area contributed by atoms with Crippen LogP contribution in [0, 0.1) is 0 Å². The minimum atomic E-state index is 1.27. The summed E-state index contributed by atoms with van der Waals surface area (Å²) in [6.07, 6.45) is 1.37. The molecular formula is C5H11IS. The summed E-state index contributed by atoms with van der Waals surface area (Å²) in [5.74, 6) is 2.62. The standard InChI is InChI=1S/C5H11IS/c1-2-7-5-3-4-6/h2-5H2,1H3. The van der Waals surface area contributed by atoms with Gasteiger partial charge < -0.3 is 0 Å². The van der Waals surface area contributed by atoms with Crippen LogP contribution in [-0.4, -0.2) is 15.9 Å². The molecule has 0 saturated carbocycles. The minimum absolute atomic E-state index is 1.27. The highest BCUT2D eigenvalue weighted by Gasteiger charge is 1.80. The van der Waals surface area contributed by atoms with Crippen molar-refractivity contribution < 1.29 is 0 Å². The van der Waals surface area contributed by atoms with Crippen LogP contribution >= 0.6 is 34.4 Å². The molecule has 0 rings (SSSR count). The molecule has 0 aliphatic rings. The number of alkyl halides is 1. The molecule has 2 heteroatoms. The van der Waals surface area contributed by atoms with E-state index in [0.29, 0.717) is 0 Å². The van der Waals surface area contributed by atoms with Crippen molar-refractivity contribution in [3.63, 3.8) is 0 Å². The van der Waals surface area contributed by atoms with Crippen LogP contribution in [0.3, 0.4) is 0 Å². The quantitative estimate of drug-likeness (QED) is 0.406. The topological polar surface area (TPSA) is 0 Å². The number of rotatable bonds is 4. The Morgan fingerprint density at radius 2 is 2.29 bits per heavy atom. The van der Waals surface area contributed by atoms with Gasteiger partial charge >= 0.3 is 0 Å². The molecule has 0 fully saturated rings. The maximum absolute atomic E-state index is 2.41. The zero-order valence-corrected chi connectivity index (χ0v) is 7.59. The fourth-order valence-electron chi connectivity index (χ4n) is 0.301. The predicted octanol–water partition coefficient (Wildman–Crippen LogP) is 2.56. The first-order valence-electron chi connectivity index (χ1n) is 2.55. The van der Waals surface area contributed by atoms with Crippen molar-refractivity contribution in [2.24, 2.45) is 0 Å². The molecular weight excluding hydrogens is 219 g/mol. The van der Waals surface area contributed by atoms with Gasteiger partial charge in [0.25, 0.3) is 0 Å². The van der Waals surface area contributed by atoms with Crippen molar-refractivity contribution in [1.29, 1.82) is 0 Å². The molecule has 0 spiro atoms. The van der Waals surface area contributed by atoms with Crippen molar-refractivity contribution in [3.8, 4) is 0 Å². The summed E-state index contributed by atoms with van der Waals surface area (Å²) < 4.78 is 1.31. The molecule has 0 aromatic rings. The molecule has 0 bridgehead atoms. The summed E-state index contributed by atoms with van der Waals surface area (Å²) in [5.41, 5.74) is 0. The summed E-state index contributed by atoms with van der Waals surface area (Å²) in [5, 5.41) is 0. The minimum Gasteiger partial charge on any atom is -0.162 e. The van der Waals surface area contributed by atoms with Crippen LogP contribution in [0.4, 0.5) is 0 Å². The number of halogens is 1. The fourth-order valence-corrected chi connectivity index (χ4v) is 1.84. The lowest BCUT2D eigenvalue weighted by atomic mass is 10.6. The molecule has 0 aromatic carbocycles. The molecule has 44 valence electrons. The fraction of sp³-hybridized carbons (Fsp3) is 1.00. The van der Waals surface area contributed by atoms with E-state index in [1.54, 1.807) is 0 Å². The van der Waals surface area contributed by atoms with Crippen molar-refractivity contribution >= 4 is 34.4 Å². The van der Waals surface area contributed by atoms with Crippen LogP contribution in [-0.2, 0) is 0 Å². The Labute approximate surface area is 63.6 Å². The first-order valence-corrected chi connectivity index (χ1v) is 5.23. The highest BCUT2D eigenvalue weighted by molar-refractivity contribution is 14.1. The highest BCUT2D eigenvalue weighted by Crippen LogP contribution is 2.01. The van der Waals surface area contributed by atoms with E-state index in [9.17, 15) is 0 Å². The van der Waals surface area contributed by atoms with Gasteiger partial charge in [-0.3, -0.25) is 0 Å². The summed E-state index contributed by atoms with van der Waals surface area (Å²) in [6, 6.07) is 0. The Morgan fingerprint density at radius 1 is 1.57 bits per heavy atom.